The van der Waals surface area contributed by atoms with Crippen LogP contribution in [0.1, 0.15) is 16.8 Å². The van der Waals surface area contributed by atoms with Crippen molar-refractivity contribution in [3.63, 3.8) is 0 Å². The van der Waals surface area contributed by atoms with E-state index in [0.717, 1.165) is 5.52 Å². The molecule has 25 heavy (non-hydrogen) atoms. The Hall–Kier alpha value is -2.48. The molecule has 2 fully saturated rings. The molecule has 2 aromatic rings. The monoisotopic (exact) mass is 343 g/mol. The van der Waals surface area contributed by atoms with Gasteiger partial charge in [0.2, 0.25) is 5.91 Å². The van der Waals surface area contributed by atoms with Gasteiger partial charge in [-0.1, -0.05) is 0 Å². The van der Waals surface area contributed by atoms with Gasteiger partial charge in [0.05, 0.1) is 35.6 Å². The number of carbonyl (C=O) groups excluding carboxylic acids is 2. The van der Waals surface area contributed by atoms with Crippen LogP contribution in [0.25, 0.3) is 11.0 Å². The van der Waals surface area contributed by atoms with E-state index in [0.29, 0.717) is 43.8 Å². The molecule has 2 aliphatic rings. The van der Waals surface area contributed by atoms with Gasteiger partial charge >= 0.3 is 0 Å². The number of aryl methyl sites for hydroxylation is 1. The number of aromatic nitrogens is 3. The number of nitrogens with zero attached hydrogens (tertiary/aromatic N) is 4. The zero-order valence-electron chi connectivity index (χ0n) is 14.4. The lowest BCUT2D eigenvalue weighted by atomic mass is 9.73. The van der Waals surface area contributed by atoms with E-state index in [2.05, 4.69) is 15.3 Å². The highest BCUT2D eigenvalue weighted by Gasteiger charge is 2.54. The second-order valence-electron chi connectivity index (χ2n) is 6.85. The summed E-state index contributed by atoms with van der Waals surface area (Å²) in [4.78, 5) is 35.9. The van der Waals surface area contributed by atoms with E-state index < -0.39 is 5.41 Å². The summed E-state index contributed by atoms with van der Waals surface area (Å²) >= 11 is 0. The molecule has 8 heteroatoms. The molecule has 0 radical (unpaired) electrons. The Morgan fingerprint density at radius 3 is 3.04 bits per heavy atom. The van der Waals surface area contributed by atoms with E-state index in [1.165, 1.54) is 0 Å². The average molecular weight is 343 g/mol. The lowest BCUT2D eigenvalue weighted by Crippen LogP contribution is -2.49. The zero-order valence-corrected chi connectivity index (χ0v) is 14.4. The minimum atomic E-state index is -0.559. The number of imidazole rings is 1. The van der Waals surface area contributed by atoms with Crippen molar-refractivity contribution in [3.8, 4) is 0 Å². The Kier molecular flexibility index (Phi) is 3.72. The SMILES string of the molecule is CNC(=O)[C@]12CCOC[C@H]1CN(C(=O)c1cncc3ncn(C)c13)C2. The molecule has 1 N–H and O–H groups in total. The van der Waals surface area contributed by atoms with Gasteiger partial charge < -0.3 is 19.5 Å². The first kappa shape index (κ1) is 16.0. The molecule has 2 saturated heterocycles. The fraction of sp³-hybridized carbons (Fsp3) is 0.529. The Morgan fingerprint density at radius 1 is 1.40 bits per heavy atom. The van der Waals surface area contributed by atoms with Crippen LogP contribution in [-0.4, -0.2) is 64.6 Å². The molecular weight excluding hydrogens is 322 g/mol. The summed E-state index contributed by atoms with van der Waals surface area (Å²) < 4.78 is 7.39. The highest BCUT2D eigenvalue weighted by molar-refractivity contribution is 6.05. The second-order valence-corrected chi connectivity index (χ2v) is 6.85. The van der Waals surface area contributed by atoms with Gasteiger partial charge in [-0.25, -0.2) is 4.98 Å². The Bertz CT molecular complexity index is 848. The van der Waals surface area contributed by atoms with Gasteiger partial charge in [-0.3, -0.25) is 14.6 Å². The smallest absolute Gasteiger partial charge is 0.257 e. The van der Waals surface area contributed by atoms with Crippen molar-refractivity contribution < 1.29 is 14.3 Å². The van der Waals surface area contributed by atoms with Crippen LogP contribution >= 0.6 is 0 Å². The minimum absolute atomic E-state index is 0.00651. The third kappa shape index (κ3) is 2.31. The van der Waals surface area contributed by atoms with Gasteiger partial charge in [-0.05, 0) is 6.42 Å². The van der Waals surface area contributed by atoms with Crippen molar-refractivity contribution in [2.75, 3.05) is 33.4 Å². The van der Waals surface area contributed by atoms with Gasteiger partial charge in [0.25, 0.3) is 5.91 Å². The molecule has 4 rings (SSSR count). The third-order valence-electron chi connectivity index (χ3n) is 5.52. The lowest BCUT2D eigenvalue weighted by Gasteiger charge is -2.36. The van der Waals surface area contributed by atoms with E-state index in [4.69, 9.17) is 4.74 Å². The standard InChI is InChI=1S/C17H21N5O3/c1-18-16(24)17-3-4-25-8-11(17)7-22(9-17)15(23)12-5-19-6-13-14(12)21(2)10-20-13/h5-6,10-11H,3-4,7-9H2,1-2H3,(H,18,24)/t11-,17+/m1/s1. The number of likely N-dealkylation sites (tertiary alicyclic amines) is 1. The first-order chi connectivity index (χ1) is 12.1. The Balaban J connectivity index is 1.69. The predicted molar refractivity (Wildman–Crippen MR) is 89.8 cm³/mol. The van der Waals surface area contributed by atoms with Gasteiger partial charge in [0.1, 0.15) is 5.52 Å². The number of hydrogen-bond acceptors (Lipinski definition) is 5. The maximum atomic E-state index is 13.2. The number of fused-ring (bicyclic) bond motifs is 2. The molecule has 8 nitrogen and oxygen atoms in total. The topological polar surface area (TPSA) is 89.3 Å². The molecule has 2 amide bonds. The summed E-state index contributed by atoms with van der Waals surface area (Å²) in [5.74, 6) is -0.101. The molecule has 2 aliphatic heterocycles. The van der Waals surface area contributed by atoms with Crippen LogP contribution < -0.4 is 5.32 Å². The zero-order chi connectivity index (χ0) is 17.6. The van der Waals surface area contributed by atoms with E-state index in [1.807, 2.05) is 11.6 Å². The van der Waals surface area contributed by atoms with Crippen molar-refractivity contribution >= 4 is 22.8 Å². The Morgan fingerprint density at radius 2 is 2.24 bits per heavy atom. The van der Waals surface area contributed by atoms with Crippen LogP contribution in [-0.2, 0) is 16.6 Å². The van der Waals surface area contributed by atoms with E-state index >= 15 is 0 Å². The van der Waals surface area contributed by atoms with E-state index in [-0.39, 0.29) is 17.7 Å². The number of carbonyl (C=O) groups is 2. The van der Waals surface area contributed by atoms with E-state index in [1.54, 1.807) is 30.7 Å². The highest BCUT2D eigenvalue weighted by Crippen LogP contribution is 2.43. The average Bonchev–Trinajstić information content (AvgIpc) is 3.22. The number of nitrogens with one attached hydrogen (secondary N) is 1. The summed E-state index contributed by atoms with van der Waals surface area (Å²) in [6.07, 6.45) is 5.54. The van der Waals surface area contributed by atoms with Gasteiger partial charge in [0, 0.05) is 45.9 Å². The quantitative estimate of drug-likeness (QED) is 0.841. The summed E-state index contributed by atoms with van der Waals surface area (Å²) in [5.41, 5.74) is 1.41. The molecule has 0 aromatic carbocycles. The number of ether oxygens (including phenoxy) is 1. The Labute approximate surface area is 145 Å². The number of hydrogen-bond donors (Lipinski definition) is 1. The largest absolute Gasteiger partial charge is 0.381 e. The van der Waals surface area contributed by atoms with Crippen LogP contribution in [0.3, 0.4) is 0 Å². The first-order valence-electron chi connectivity index (χ1n) is 8.41. The van der Waals surface area contributed by atoms with Crippen LogP contribution in [0.2, 0.25) is 0 Å². The van der Waals surface area contributed by atoms with Crippen molar-refractivity contribution in [3.05, 3.63) is 24.3 Å². The molecule has 0 aliphatic carbocycles. The first-order valence-corrected chi connectivity index (χ1v) is 8.41. The lowest BCUT2D eigenvalue weighted by molar-refractivity contribution is -0.138. The van der Waals surface area contributed by atoms with Crippen LogP contribution in [0, 0.1) is 11.3 Å². The minimum Gasteiger partial charge on any atom is -0.381 e. The van der Waals surface area contributed by atoms with Crippen molar-refractivity contribution in [1.82, 2.24) is 24.8 Å². The molecule has 0 unspecified atom stereocenters. The molecule has 0 spiro atoms. The molecular formula is C17H21N5O3. The summed E-state index contributed by atoms with van der Waals surface area (Å²) in [6, 6.07) is 0. The predicted octanol–water partition coefficient (Wildman–Crippen LogP) is 0.193. The summed E-state index contributed by atoms with van der Waals surface area (Å²) in [7, 11) is 3.50. The van der Waals surface area contributed by atoms with Crippen LogP contribution in [0.4, 0.5) is 0 Å². The number of rotatable bonds is 2. The molecule has 0 saturated carbocycles. The van der Waals surface area contributed by atoms with Gasteiger partial charge in [0.15, 0.2) is 0 Å². The van der Waals surface area contributed by atoms with E-state index in [9.17, 15) is 9.59 Å². The van der Waals surface area contributed by atoms with Crippen molar-refractivity contribution in [2.24, 2.45) is 18.4 Å². The number of pyridine rings is 1. The second kappa shape index (κ2) is 5.80. The summed E-state index contributed by atoms with van der Waals surface area (Å²) in [6.45, 7) is 1.98. The maximum absolute atomic E-state index is 13.2. The third-order valence-corrected chi connectivity index (χ3v) is 5.52. The molecule has 0 bridgehead atoms. The fourth-order valence-corrected chi connectivity index (χ4v) is 4.17. The van der Waals surface area contributed by atoms with Crippen molar-refractivity contribution in [1.29, 1.82) is 0 Å². The molecule has 2 atom stereocenters. The van der Waals surface area contributed by atoms with Crippen LogP contribution in [0.15, 0.2) is 18.7 Å². The normalized spacial score (nSPS) is 25.8. The van der Waals surface area contributed by atoms with Gasteiger partial charge in [-0.2, -0.15) is 0 Å². The van der Waals surface area contributed by atoms with Crippen LogP contribution in [0.5, 0.6) is 0 Å². The molecule has 132 valence electrons. The number of amides is 2. The summed E-state index contributed by atoms with van der Waals surface area (Å²) in [5, 5.41) is 2.77. The molecule has 4 heterocycles. The fourth-order valence-electron chi connectivity index (χ4n) is 4.17. The highest BCUT2D eigenvalue weighted by atomic mass is 16.5. The maximum Gasteiger partial charge on any atom is 0.257 e. The van der Waals surface area contributed by atoms with Crippen molar-refractivity contribution in [2.45, 2.75) is 6.42 Å². The molecule has 2 aromatic heterocycles. The van der Waals surface area contributed by atoms with Gasteiger partial charge in [-0.15, -0.1) is 0 Å².